The van der Waals surface area contributed by atoms with Crippen LogP contribution >= 0.6 is 0 Å². The molecular formula is C49H73N3O5. The molecule has 314 valence electrons. The van der Waals surface area contributed by atoms with Crippen molar-refractivity contribution < 1.29 is 24.2 Å². The molecule has 1 fully saturated rings. The monoisotopic (exact) mass is 784 g/mol. The Morgan fingerprint density at radius 1 is 0.702 bits per heavy atom. The van der Waals surface area contributed by atoms with Crippen LogP contribution in [0.25, 0.3) is 11.1 Å². The maximum Gasteiger partial charge on any atom is 0.220 e. The van der Waals surface area contributed by atoms with E-state index in [4.69, 9.17) is 9.47 Å². The number of nitrogens with one attached hydrogen (secondary N) is 2. The highest BCUT2D eigenvalue weighted by atomic mass is 16.7. The maximum atomic E-state index is 12.7. The van der Waals surface area contributed by atoms with Crippen LogP contribution in [-0.2, 0) is 32.2 Å². The minimum Gasteiger partial charge on any atom is -0.392 e. The van der Waals surface area contributed by atoms with E-state index in [1.165, 1.54) is 84.0 Å². The average molecular weight is 784 g/mol. The fourth-order valence-electron chi connectivity index (χ4n) is 7.76. The smallest absolute Gasteiger partial charge is 0.220 e. The Kier molecular flexibility index (Phi) is 22.0. The van der Waals surface area contributed by atoms with Crippen LogP contribution in [0.4, 0.5) is 0 Å². The number of hydrogen-bond donors (Lipinski definition) is 3. The van der Waals surface area contributed by atoms with Crippen molar-refractivity contribution in [3.05, 3.63) is 95.1 Å². The second-order valence-corrected chi connectivity index (χ2v) is 16.0. The summed E-state index contributed by atoms with van der Waals surface area (Å²) in [6.07, 6.45) is 18.8. The van der Waals surface area contributed by atoms with Gasteiger partial charge in [0.25, 0.3) is 0 Å². The number of benzene rings is 3. The summed E-state index contributed by atoms with van der Waals surface area (Å²) in [6.45, 7) is 10.3. The molecule has 0 bridgehead atoms. The van der Waals surface area contributed by atoms with E-state index in [9.17, 15) is 14.7 Å². The van der Waals surface area contributed by atoms with Crippen molar-refractivity contribution in [2.75, 3.05) is 26.2 Å². The molecule has 3 atom stereocenters. The summed E-state index contributed by atoms with van der Waals surface area (Å²) in [5, 5.41) is 15.6. The molecule has 0 aromatic heterocycles. The molecule has 1 aliphatic rings. The summed E-state index contributed by atoms with van der Waals surface area (Å²) in [7, 11) is 0. The SMILES string of the molecule is CCCCCCCCN(CCCCCCCC)CC1CC(c2ccc(CO)cc2)OC(c2ccc(-c3ccccc3CNC(=O)CCCCCNC(C)=O)cc2)O1. The van der Waals surface area contributed by atoms with Crippen molar-refractivity contribution in [1.29, 1.82) is 0 Å². The second-order valence-electron chi connectivity index (χ2n) is 16.0. The van der Waals surface area contributed by atoms with Gasteiger partial charge >= 0.3 is 0 Å². The number of rotatable bonds is 28. The molecule has 0 aliphatic carbocycles. The summed E-state index contributed by atoms with van der Waals surface area (Å²) < 4.78 is 13.6. The molecule has 0 radical (unpaired) electrons. The molecule has 3 N–H and O–H groups in total. The van der Waals surface area contributed by atoms with Gasteiger partial charge in [0.1, 0.15) is 0 Å². The van der Waals surface area contributed by atoms with Crippen molar-refractivity contribution in [1.82, 2.24) is 15.5 Å². The van der Waals surface area contributed by atoms with E-state index in [2.05, 4.69) is 77.9 Å². The molecule has 3 unspecified atom stereocenters. The van der Waals surface area contributed by atoms with Gasteiger partial charge in [0.05, 0.1) is 18.8 Å². The summed E-state index contributed by atoms with van der Waals surface area (Å²) in [6, 6.07) is 24.9. The van der Waals surface area contributed by atoms with Crippen LogP contribution < -0.4 is 10.6 Å². The molecule has 3 aromatic rings. The van der Waals surface area contributed by atoms with Gasteiger partial charge < -0.3 is 30.1 Å². The number of amides is 2. The van der Waals surface area contributed by atoms with Gasteiger partial charge in [0.15, 0.2) is 6.29 Å². The molecule has 8 heteroatoms. The van der Waals surface area contributed by atoms with E-state index in [-0.39, 0.29) is 30.6 Å². The van der Waals surface area contributed by atoms with Crippen LogP contribution in [0.3, 0.4) is 0 Å². The maximum absolute atomic E-state index is 12.7. The topological polar surface area (TPSA) is 100 Å². The molecule has 3 aromatic carbocycles. The number of ether oxygens (including phenoxy) is 2. The van der Waals surface area contributed by atoms with Gasteiger partial charge in [-0.05, 0) is 66.6 Å². The summed E-state index contributed by atoms with van der Waals surface area (Å²) >= 11 is 0. The van der Waals surface area contributed by atoms with Gasteiger partial charge in [-0.2, -0.15) is 0 Å². The van der Waals surface area contributed by atoms with E-state index in [0.29, 0.717) is 19.5 Å². The predicted molar refractivity (Wildman–Crippen MR) is 232 cm³/mol. The van der Waals surface area contributed by atoms with E-state index < -0.39 is 6.29 Å². The fourth-order valence-corrected chi connectivity index (χ4v) is 7.76. The van der Waals surface area contributed by atoms with Gasteiger partial charge in [-0.25, -0.2) is 0 Å². The molecule has 8 nitrogen and oxygen atoms in total. The molecular weight excluding hydrogens is 711 g/mol. The lowest BCUT2D eigenvalue weighted by Crippen LogP contribution is -2.40. The number of hydrogen-bond acceptors (Lipinski definition) is 6. The third-order valence-electron chi connectivity index (χ3n) is 11.2. The van der Waals surface area contributed by atoms with Crippen molar-refractivity contribution in [3.8, 4) is 11.1 Å². The predicted octanol–water partition coefficient (Wildman–Crippen LogP) is 10.7. The number of aliphatic hydroxyl groups is 1. The first-order valence-corrected chi connectivity index (χ1v) is 22.3. The van der Waals surface area contributed by atoms with Crippen molar-refractivity contribution >= 4 is 11.8 Å². The fraction of sp³-hybridized carbons (Fsp3) is 0.592. The largest absolute Gasteiger partial charge is 0.392 e. The molecule has 1 heterocycles. The molecule has 57 heavy (non-hydrogen) atoms. The minimum absolute atomic E-state index is 0.0182. The van der Waals surface area contributed by atoms with E-state index >= 15 is 0 Å². The van der Waals surface area contributed by atoms with E-state index in [1.807, 2.05) is 24.3 Å². The Hall–Kier alpha value is -3.56. The highest BCUT2D eigenvalue weighted by Gasteiger charge is 2.33. The normalized spacial score (nSPS) is 16.8. The Balaban J connectivity index is 1.43. The van der Waals surface area contributed by atoms with Crippen LogP contribution in [-0.4, -0.2) is 54.1 Å². The van der Waals surface area contributed by atoms with Crippen molar-refractivity contribution in [2.24, 2.45) is 0 Å². The Morgan fingerprint density at radius 3 is 1.96 bits per heavy atom. The number of unbranched alkanes of at least 4 members (excludes halogenated alkanes) is 12. The Morgan fingerprint density at radius 2 is 1.32 bits per heavy atom. The molecule has 0 saturated carbocycles. The van der Waals surface area contributed by atoms with E-state index in [1.54, 1.807) is 0 Å². The van der Waals surface area contributed by atoms with Crippen LogP contribution in [0, 0.1) is 0 Å². The average Bonchev–Trinajstić information content (AvgIpc) is 3.23. The molecule has 4 rings (SSSR count). The Bertz CT molecular complexity index is 1530. The molecule has 1 saturated heterocycles. The third-order valence-corrected chi connectivity index (χ3v) is 11.2. The van der Waals surface area contributed by atoms with Crippen molar-refractivity contribution in [3.63, 3.8) is 0 Å². The van der Waals surface area contributed by atoms with Gasteiger partial charge in [-0.15, -0.1) is 0 Å². The van der Waals surface area contributed by atoms with Gasteiger partial charge in [0, 0.05) is 45.0 Å². The summed E-state index contributed by atoms with van der Waals surface area (Å²) in [5.41, 5.74) is 6.23. The number of carbonyl (C=O) groups is 2. The number of nitrogens with zero attached hydrogens (tertiary/aromatic N) is 1. The van der Waals surface area contributed by atoms with Gasteiger partial charge in [-0.3, -0.25) is 9.59 Å². The minimum atomic E-state index is -0.502. The highest BCUT2D eigenvalue weighted by molar-refractivity contribution is 5.76. The second kappa shape index (κ2) is 27.2. The quantitative estimate of drug-likeness (QED) is 0.0634. The zero-order valence-corrected chi connectivity index (χ0v) is 35.5. The van der Waals surface area contributed by atoms with Crippen LogP contribution in [0.5, 0.6) is 0 Å². The van der Waals surface area contributed by atoms with Crippen molar-refractivity contribution in [2.45, 2.75) is 162 Å². The molecule has 0 spiro atoms. The highest BCUT2D eigenvalue weighted by Crippen LogP contribution is 2.39. The zero-order chi connectivity index (χ0) is 40.5. The van der Waals surface area contributed by atoms with E-state index in [0.717, 1.165) is 78.7 Å². The molecule has 1 aliphatic heterocycles. The zero-order valence-electron chi connectivity index (χ0n) is 35.5. The first-order chi connectivity index (χ1) is 27.9. The number of aliphatic hydroxyl groups excluding tert-OH is 1. The van der Waals surface area contributed by atoms with Crippen LogP contribution in [0.15, 0.2) is 72.8 Å². The van der Waals surface area contributed by atoms with Crippen LogP contribution in [0.1, 0.15) is 165 Å². The summed E-state index contributed by atoms with van der Waals surface area (Å²) in [4.78, 5) is 26.4. The summed E-state index contributed by atoms with van der Waals surface area (Å²) in [5.74, 6) is 0.0224. The standard InChI is InChI=1S/C49H73N3O5/c1-4-6-8-10-12-19-33-52(34-20-13-11-9-7-5-2)37-45-35-47(42-26-24-40(38-53)25-27-42)57-49(56-45)43-30-28-41(29-31-43)46-22-17-16-21-44(46)36-51-48(55)23-15-14-18-32-50-39(3)54/h16-17,21-22,24-31,45,47,49,53H,4-15,18-20,23,32-38H2,1-3H3,(H,50,54)(H,51,55). The first-order valence-electron chi connectivity index (χ1n) is 22.3. The lowest BCUT2D eigenvalue weighted by molar-refractivity contribution is -0.253. The van der Waals surface area contributed by atoms with Gasteiger partial charge in [-0.1, -0.05) is 157 Å². The number of carbonyl (C=O) groups excluding carboxylic acids is 2. The molecule has 2 amide bonds. The third kappa shape index (κ3) is 17.4. The first kappa shape index (κ1) is 46.1. The van der Waals surface area contributed by atoms with Gasteiger partial charge in [0.2, 0.25) is 11.8 Å². The van der Waals surface area contributed by atoms with Crippen LogP contribution in [0.2, 0.25) is 0 Å². The lowest BCUT2D eigenvalue weighted by Gasteiger charge is -2.38. The lowest BCUT2D eigenvalue weighted by atomic mass is 9.97. The Labute approximate surface area is 344 Å².